The zero-order valence-corrected chi connectivity index (χ0v) is 11.6. The standard InChI is InChI=1S/C14H18N2O4/c1-9-3-5-11(7-9)15-14(17)10-4-6-13(20-2)12(8-10)16(18)19/h4,6,8-9,11H,3,5,7H2,1-2H3,(H,15,17). The number of nitrogens with zero attached hydrogens (tertiary/aromatic N) is 1. The number of benzene rings is 1. The highest BCUT2D eigenvalue weighted by molar-refractivity contribution is 5.95. The van der Waals surface area contributed by atoms with Gasteiger partial charge < -0.3 is 10.1 Å². The summed E-state index contributed by atoms with van der Waals surface area (Å²) in [5.74, 6) is 0.501. The quantitative estimate of drug-likeness (QED) is 0.677. The molecule has 2 unspecified atom stereocenters. The minimum absolute atomic E-state index is 0.154. The number of nitro groups is 1. The Labute approximate surface area is 117 Å². The van der Waals surface area contributed by atoms with Crippen molar-refractivity contribution in [3.05, 3.63) is 33.9 Å². The van der Waals surface area contributed by atoms with Crippen LogP contribution in [0.3, 0.4) is 0 Å². The molecule has 1 aromatic rings. The van der Waals surface area contributed by atoms with Crippen LogP contribution in [-0.2, 0) is 0 Å². The van der Waals surface area contributed by atoms with Crippen LogP contribution < -0.4 is 10.1 Å². The van der Waals surface area contributed by atoms with Gasteiger partial charge in [-0.15, -0.1) is 0 Å². The summed E-state index contributed by atoms with van der Waals surface area (Å²) in [4.78, 5) is 22.5. The molecule has 0 aliphatic heterocycles. The average molecular weight is 278 g/mol. The van der Waals surface area contributed by atoms with E-state index in [0.29, 0.717) is 5.92 Å². The fourth-order valence-electron chi connectivity index (χ4n) is 2.58. The van der Waals surface area contributed by atoms with Crippen LogP contribution in [0.1, 0.15) is 36.5 Å². The molecule has 108 valence electrons. The van der Waals surface area contributed by atoms with E-state index in [-0.39, 0.29) is 28.9 Å². The fourth-order valence-corrected chi connectivity index (χ4v) is 2.58. The first-order valence-electron chi connectivity index (χ1n) is 6.64. The molecule has 1 aromatic carbocycles. The van der Waals surface area contributed by atoms with Crippen molar-refractivity contribution in [1.29, 1.82) is 0 Å². The molecule has 1 amide bonds. The van der Waals surface area contributed by atoms with Crippen LogP contribution >= 0.6 is 0 Å². The van der Waals surface area contributed by atoms with Crippen molar-refractivity contribution in [3.63, 3.8) is 0 Å². The summed E-state index contributed by atoms with van der Waals surface area (Å²) in [7, 11) is 1.36. The zero-order valence-electron chi connectivity index (χ0n) is 11.6. The lowest BCUT2D eigenvalue weighted by molar-refractivity contribution is -0.385. The van der Waals surface area contributed by atoms with Gasteiger partial charge in [0.2, 0.25) is 0 Å². The third-order valence-corrected chi connectivity index (χ3v) is 3.67. The van der Waals surface area contributed by atoms with E-state index < -0.39 is 4.92 Å². The van der Waals surface area contributed by atoms with Gasteiger partial charge >= 0.3 is 5.69 Å². The minimum atomic E-state index is -0.548. The number of methoxy groups -OCH3 is 1. The first-order valence-corrected chi connectivity index (χ1v) is 6.64. The second kappa shape index (κ2) is 5.90. The summed E-state index contributed by atoms with van der Waals surface area (Å²) >= 11 is 0. The monoisotopic (exact) mass is 278 g/mol. The molecule has 0 bridgehead atoms. The molecular formula is C14H18N2O4. The lowest BCUT2D eigenvalue weighted by Gasteiger charge is -2.12. The van der Waals surface area contributed by atoms with E-state index in [1.165, 1.54) is 19.2 Å². The van der Waals surface area contributed by atoms with E-state index >= 15 is 0 Å². The smallest absolute Gasteiger partial charge is 0.311 e. The second-order valence-corrected chi connectivity index (χ2v) is 5.23. The van der Waals surface area contributed by atoms with Crippen molar-refractivity contribution < 1.29 is 14.5 Å². The number of carbonyl (C=O) groups excluding carboxylic acids is 1. The Balaban J connectivity index is 2.14. The summed E-state index contributed by atoms with van der Waals surface area (Å²) in [6, 6.07) is 4.41. The van der Waals surface area contributed by atoms with Gasteiger partial charge in [0.25, 0.3) is 5.91 Å². The van der Waals surface area contributed by atoms with E-state index in [4.69, 9.17) is 4.74 Å². The average Bonchev–Trinajstić information content (AvgIpc) is 2.83. The SMILES string of the molecule is COc1ccc(C(=O)NC2CCC(C)C2)cc1[N+](=O)[O-]. The summed E-state index contributed by atoms with van der Waals surface area (Å²) < 4.78 is 4.92. The highest BCUT2D eigenvalue weighted by Gasteiger charge is 2.24. The third kappa shape index (κ3) is 3.07. The first-order chi connectivity index (χ1) is 9.51. The molecular weight excluding hydrogens is 260 g/mol. The molecule has 1 aliphatic carbocycles. The number of ether oxygens (including phenoxy) is 1. The molecule has 0 saturated heterocycles. The number of rotatable bonds is 4. The molecule has 1 aliphatic rings. The van der Waals surface area contributed by atoms with E-state index in [2.05, 4.69) is 12.2 Å². The highest BCUT2D eigenvalue weighted by Crippen LogP contribution is 2.28. The molecule has 6 heteroatoms. The van der Waals surface area contributed by atoms with Crippen molar-refractivity contribution >= 4 is 11.6 Å². The van der Waals surface area contributed by atoms with E-state index in [9.17, 15) is 14.9 Å². The predicted octanol–water partition coefficient (Wildman–Crippen LogP) is 2.52. The topological polar surface area (TPSA) is 81.5 Å². The molecule has 2 rings (SSSR count). The highest BCUT2D eigenvalue weighted by atomic mass is 16.6. The van der Waals surface area contributed by atoms with Gasteiger partial charge in [0, 0.05) is 17.7 Å². The molecule has 0 heterocycles. The Kier molecular flexibility index (Phi) is 4.22. The van der Waals surface area contributed by atoms with Crippen LogP contribution in [0.2, 0.25) is 0 Å². The van der Waals surface area contributed by atoms with Crippen molar-refractivity contribution in [2.45, 2.75) is 32.2 Å². The molecule has 0 aromatic heterocycles. The van der Waals surface area contributed by atoms with Crippen LogP contribution in [0.15, 0.2) is 18.2 Å². The molecule has 0 radical (unpaired) electrons. The van der Waals surface area contributed by atoms with Gasteiger partial charge in [-0.25, -0.2) is 0 Å². The fraction of sp³-hybridized carbons (Fsp3) is 0.500. The van der Waals surface area contributed by atoms with E-state index in [1.807, 2.05) is 0 Å². The number of hydrogen-bond acceptors (Lipinski definition) is 4. The summed E-state index contributed by atoms with van der Waals surface area (Å²) in [6.07, 6.45) is 3.03. The predicted molar refractivity (Wildman–Crippen MR) is 73.9 cm³/mol. The van der Waals surface area contributed by atoms with Crippen molar-refractivity contribution in [2.24, 2.45) is 5.92 Å². The summed E-state index contributed by atoms with van der Waals surface area (Å²) in [5.41, 5.74) is 0.0944. The Bertz CT molecular complexity index is 530. The lowest BCUT2D eigenvalue weighted by atomic mass is 10.1. The Morgan fingerprint density at radius 1 is 1.45 bits per heavy atom. The maximum Gasteiger partial charge on any atom is 0.311 e. The minimum Gasteiger partial charge on any atom is -0.490 e. The van der Waals surface area contributed by atoms with Gasteiger partial charge in [-0.3, -0.25) is 14.9 Å². The lowest BCUT2D eigenvalue weighted by Crippen LogP contribution is -2.32. The maximum absolute atomic E-state index is 12.1. The third-order valence-electron chi connectivity index (χ3n) is 3.67. The largest absolute Gasteiger partial charge is 0.490 e. The van der Waals surface area contributed by atoms with Crippen LogP contribution in [0, 0.1) is 16.0 Å². The first kappa shape index (κ1) is 14.3. The van der Waals surface area contributed by atoms with Crippen molar-refractivity contribution in [1.82, 2.24) is 5.32 Å². The van der Waals surface area contributed by atoms with E-state index in [1.54, 1.807) is 6.07 Å². The number of nitro benzene ring substituents is 1. The molecule has 20 heavy (non-hydrogen) atoms. The van der Waals surface area contributed by atoms with Gasteiger partial charge in [-0.1, -0.05) is 6.92 Å². The van der Waals surface area contributed by atoms with Gasteiger partial charge in [-0.2, -0.15) is 0 Å². The van der Waals surface area contributed by atoms with E-state index in [0.717, 1.165) is 19.3 Å². The number of amides is 1. The number of hydrogen-bond donors (Lipinski definition) is 1. The summed E-state index contributed by atoms with van der Waals surface area (Å²) in [5, 5.41) is 13.9. The number of nitrogens with one attached hydrogen (secondary N) is 1. The van der Waals surface area contributed by atoms with Crippen molar-refractivity contribution in [2.75, 3.05) is 7.11 Å². The normalized spacial score (nSPS) is 21.5. The Morgan fingerprint density at radius 2 is 2.20 bits per heavy atom. The van der Waals surface area contributed by atoms with Gasteiger partial charge in [-0.05, 0) is 37.3 Å². The van der Waals surface area contributed by atoms with Crippen LogP contribution in [0.5, 0.6) is 5.75 Å². The van der Waals surface area contributed by atoms with Crippen LogP contribution in [-0.4, -0.2) is 24.0 Å². The van der Waals surface area contributed by atoms with Gasteiger partial charge in [0.15, 0.2) is 5.75 Å². The Hall–Kier alpha value is -2.11. The molecule has 1 N–H and O–H groups in total. The van der Waals surface area contributed by atoms with Crippen LogP contribution in [0.4, 0.5) is 5.69 Å². The molecule has 6 nitrogen and oxygen atoms in total. The zero-order chi connectivity index (χ0) is 14.7. The molecule has 1 saturated carbocycles. The van der Waals surface area contributed by atoms with Crippen LogP contribution in [0.25, 0.3) is 0 Å². The molecule has 1 fully saturated rings. The molecule has 0 spiro atoms. The van der Waals surface area contributed by atoms with Crippen molar-refractivity contribution in [3.8, 4) is 5.75 Å². The van der Waals surface area contributed by atoms with Gasteiger partial charge in [0.05, 0.1) is 12.0 Å². The summed E-state index contributed by atoms with van der Waals surface area (Å²) in [6.45, 7) is 2.16. The molecule has 2 atom stereocenters. The Morgan fingerprint density at radius 3 is 2.75 bits per heavy atom. The van der Waals surface area contributed by atoms with Gasteiger partial charge in [0.1, 0.15) is 0 Å². The second-order valence-electron chi connectivity index (χ2n) is 5.23. The maximum atomic E-state index is 12.1. The number of carbonyl (C=O) groups is 1.